The molecule has 0 spiro atoms. The first kappa shape index (κ1) is 29.1. The van der Waals surface area contributed by atoms with Crippen molar-refractivity contribution >= 4 is 17.7 Å². The van der Waals surface area contributed by atoms with E-state index < -0.39 is 35.5 Å². The lowest BCUT2D eigenvalue weighted by atomic mass is 9.75. The zero-order valence-electron chi connectivity index (χ0n) is 18.7. The van der Waals surface area contributed by atoms with Gasteiger partial charge in [0.2, 0.25) is 0 Å². The number of hydrogen-bond acceptors (Lipinski definition) is 4. The normalized spacial score (nSPS) is 18.1. The number of hydrogen-bond donors (Lipinski definition) is 3. The van der Waals surface area contributed by atoms with Crippen molar-refractivity contribution in [2.24, 2.45) is 11.3 Å². The Morgan fingerprint density at radius 2 is 1.50 bits per heavy atom. The molecular formula is C20H33F3NO6PS. The number of rotatable bonds is 5. The van der Waals surface area contributed by atoms with Crippen LogP contribution in [0.4, 0.5) is 13.2 Å². The lowest BCUT2D eigenvalue weighted by molar-refractivity contribution is -0.145. The Kier molecular flexibility index (Phi) is 9.96. The summed E-state index contributed by atoms with van der Waals surface area (Å²) in [4.78, 5) is 23.9. The lowest BCUT2D eigenvalue weighted by Crippen LogP contribution is -2.37. The van der Waals surface area contributed by atoms with Crippen molar-refractivity contribution in [2.45, 2.75) is 52.3 Å². The van der Waals surface area contributed by atoms with E-state index in [1.807, 2.05) is 0 Å². The third-order valence-corrected chi connectivity index (χ3v) is 6.40. The Bertz CT molecular complexity index is 862. The third kappa shape index (κ3) is 11.8. The smallest absolute Gasteiger partial charge is 0.303 e. The van der Waals surface area contributed by atoms with Crippen LogP contribution in [0.2, 0.25) is 0 Å². The summed E-state index contributed by atoms with van der Waals surface area (Å²) in [5, 5.41) is 0. The van der Waals surface area contributed by atoms with E-state index in [1.54, 1.807) is 12.1 Å². The molecule has 0 bridgehead atoms. The van der Waals surface area contributed by atoms with Crippen molar-refractivity contribution in [1.29, 1.82) is 0 Å². The van der Waals surface area contributed by atoms with E-state index in [4.69, 9.17) is 19.2 Å². The van der Waals surface area contributed by atoms with Gasteiger partial charge in [0.1, 0.15) is 9.84 Å². The number of phosphoric acid groups is 1. The van der Waals surface area contributed by atoms with E-state index >= 15 is 0 Å². The van der Waals surface area contributed by atoms with Gasteiger partial charge >= 0.3 is 14.0 Å². The average Bonchev–Trinajstić information content (AvgIpc) is 2.57. The van der Waals surface area contributed by atoms with Crippen molar-refractivity contribution in [1.82, 2.24) is 4.90 Å². The first-order chi connectivity index (χ1) is 14.3. The van der Waals surface area contributed by atoms with Gasteiger partial charge in [0, 0.05) is 12.8 Å². The number of piperidine rings is 1. The molecule has 0 radical (unpaired) electrons. The van der Waals surface area contributed by atoms with Crippen molar-refractivity contribution in [3.8, 4) is 0 Å². The molecular weight excluding hydrogens is 470 g/mol. The molecule has 1 atom stereocenters. The highest BCUT2D eigenvalue weighted by Crippen LogP contribution is 2.37. The van der Waals surface area contributed by atoms with Crippen LogP contribution in [-0.4, -0.2) is 59.3 Å². The van der Waals surface area contributed by atoms with E-state index in [0.717, 1.165) is 37.8 Å². The number of sulfone groups is 1. The van der Waals surface area contributed by atoms with Crippen LogP contribution in [0, 0.1) is 11.3 Å². The Hall–Kier alpha value is -0.970. The fraction of sp³-hybridized carbons (Fsp3) is 0.700. The molecule has 1 fully saturated rings. The maximum atomic E-state index is 13.3. The first-order valence-corrected chi connectivity index (χ1v) is 13.7. The summed E-state index contributed by atoms with van der Waals surface area (Å²) in [6.45, 7) is 9.48. The molecule has 0 amide bonds. The molecule has 1 heterocycles. The minimum Gasteiger partial charge on any atom is -0.303 e. The standard InChI is InChI=1S/C20H30F3NO2S.H3O4P/c1-19(2,3)17-9-11-24(12-10-17)13-15-5-7-16(8-6-15)18(20(21,22)23)14-27(4,25)26;1-5(2,3)4/h5-8,17-18H,9-14H2,1-4H3;(H3,1,2,3,4)/t18-;/m0./s1. The third-order valence-electron chi connectivity index (χ3n) is 5.47. The van der Waals surface area contributed by atoms with Crippen molar-refractivity contribution < 1.29 is 40.8 Å². The van der Waals surface area contributed by atoms with Gasteiger partial charge in [-0.1, -0.05) is 45.0 Å². The Labute approximate surface area is 187 Å². The van der Waals surface area contributed by atoms with Crippen LogP contribution in [-0.2, 0) is 20.9 Å². The second kappa shape index (κ2) is 11.0. The molecule has 7 nitrogen and oxygen atoms in total. The van der Waals surface area contributed by atoms with Gasteiger partial charge in [-0.15, -0.1) is 0 Å². The number of likely N-dealkylation sites (tertiary alicyclic amines) is 1. The number of benzene rings is 1. The molecule has 1 aliphatic rings. The fourth-order valence-corrected chi connectivity index (χ4v) is 4.74. The molecule has 0 aromatic heterocycles. The Morgan fingerprint density at radius 1 is 1.06 bits per heavy atom. The summed E-state index contributed by atoms with van der Waals surface area (Å²) in [5.41, 5.74) is 1.26. The van der Waals surface area contributed by atoms with Crippen molar-refractivity contribution in [2.75, 3.05) is 25.1 Å². The van der Waals surface area contributed by atoms with Crippen LogP contribution in [0.3, 0.4) is 0 Å². The van der Waals surface area contributed by atoms with Gasteiger partial charge in [0.05, 0.1) is 11.7 Å². The molecule has 0 unspecified atom stereocenters. The fourth-order valence-electron chi connectivity index (χ4n) is 3.75. The van der Waals surface area contributed by atoms with E-state index in [0.29, 0.717) is 17.9 Å². The summed E-state index contributed by atoms with van der Waals surface area (Å²) < 4.78 is 71.5. The average molecular weight is 504 g/mol. The predicted molar refractivity (Wildman–Crippen MR) is 117 cm³/mol. The van der Waals surface area contributed by atoms with Crippen LogP contribution in [0.5, 0.6) is 0 Å². The van der Waals surface area contributed by atoms with Crippen LogP contribution in [0.25, 0.3) is 0 Å². The zero-order chi connectivity index (χ0) is 25.0. The summed E-state index contributed by atoms with van der Waals surface area (Å²) in [5.74, 6) is -2.21. The molecule has 1 aromatic carbocycles. The minimum absolute atomic E-state index is 0.00288. The molecule has 2 rings (SSSR count). The Morgan fingerprint density at radius 3 is 1.84 bits per heavy atom. The van der Waals surface area contributed by atoms with Gasteiger partial charge in [0.25, 0.3) is 0 Å². The summed E-state index contributed by atoms with van der Waals surface area (Å²) in [6, 6.07) is 6.21. The summed E-state index contributed by atoms with van der Waals surface area (Å²) >= 11 is 0. The van der Waals surface area contributed by atoms with E-state index in [9.17, 15) is 21.6 Å². The second-order valence-corrected chi connectivity index (χ2v) is 12.6. The minimum atomic E-state index is -4.64. The SMILES string of the molecule is CC(C)(C)C1CCN(Cc2ccc([C@H](CS(C)(=O)=O)C(F)(F)F)cc2)CC1.O=P(O)(O)O. The molecule has 1 saturated heterocycles. The maximum Gasteiger partial charge on any atom is 0.466 e. The monoisotopic (exact) mass is 503 g/mol. The number of alkyl halides is 3. The quantitative estimate of drug-likeness (QED) is 0.525. The zero-order valence-corrected chi connectivity index (χ0v) is 20.4. The molecule has 12 heteroatoms. The van der Waals surface area contributed by atoms with Gasteiger partial charge in [-0.25, -0.2) is 13.0 Å². The number of halogens is 3. The summed E-state index contributed by atoms with van der Waals surface area (Å²) in [7, 11) is -8.37. The highest BCUT2D eigenvalue weighted by atomic mass is 32.2. The first-order valence-electron chi connectivity index (χ1n) is 10.1. The predicted octanol–water partition coefficient (Wildman–Crippen LogP) is 3.71. The highest BCUT2D eigenvalue weighted by molar-refractivity contribution is 7.90. The molecule has 1 aliphatic heterocycles. The molecule has 0 saturated carbocycles. The Balaban J connectivity index is 0.000000920. The van der Waals surface area contributed by atoms with Gasteiger partial charge < -0.3 is 14.7 Å². The largest absolute Gasteiger partial charge is 0.466 e. The lowest BCUT2D eigenvalue weighted by Gasteiger charge is -2.38. The van der Waals surface area contributed by atoms with E-state index in [-0.39, 0.29) is 5.56 Å². The topological polar surface area (TPSA) is 115 Å². The van der Waals surface area contributed by atoms with Gasteiger partial charge in [0.15, 0.2) is 0 Å². The molecule has 3 N–H and O–H groups in total. The second-order valence-electron chi connectivity index (χ2n) is 9.36. The summed E-state index contributed by atoms with van der Waals surface area (Å²) in [6.07, 6.45) is -1.49. The van der Waals surface area contributed by atoms with E-state index in [1.165, 1.54) is 12.1 Å². The molecule has 32 heavy (non-hydrogen) atoms. The van der Waals surface area contributed by atoms with Crippen LogP contribution in [0.15, 0.2) is 24.3 Å². The molecule has 0 aliphatic carbocycles. The van der Waals surface area contributed by atoms with Gasteiger partial charge in [-0.2, -0.15) is 13.2 Å². The van der Waals surface area contributed by atoms with Gasteiger partial charge in [-0.3, -0.25) is 4.90 Å². The maximum absolute atomic E-state index is 13.3. The van der Waals surface area contributed by atoms with Crippen LogP contribution >= 0.6 is 7.82 Å². The van der Waals surface area contributed by atoms with Crippen LogP contribution in [0.1, 0.15) is 50.7 Å². The van der Waals surface area contributed by atoms with E-state index in [2.05, 4.69) is 25.7 Å². The molecule has 186 valence electrons. The van der Waals surface area contributed by atoms with Crippen molar-refractivity contribution in [3.63, 3.8) is 0 Å². The van der Waals surface area contributed by atoms with Crippen LogP contribution < -0.4 is 0 Å². The van der Waals surface area contributed by atoms with Gasteiger partial charge in [-0.05, 0) is 48.4 Å². The number of nitrogens with zero attached hydrogens (tertiary/aromatic N) is 1. The van der Waals surface area contributed by atoms with Crippen molar-refractivity contribution in [3.05, 3.63) is 35.4 Å². The molecule has 1 aromatic rings. The highest BCUT2D eigenvalue weighted by Gasteiger charge is 2.42.